The lowest BCUT2D eigenvalue weighted by Gasteiger charge is -2.57. The maximum absolute atomic E-state index is 2.50. The molecule has 1 aliphatic carbocycles. The molecule has 1 aromatic rings. The van der Waals surface area contributed by atoms with Crippen LogP contribution in [-0.2, 0) is 0 Å². The SMILES string of the molecule is c1ccc(N2CC3(CCC3)C2)cc1. The van der Waals surface area contributed by atoms with Gasteiger partial charge in [0.05, 0.1) is 0 Å². The van der Waals surface area contributed by atoms with Crippen molar-refractivity contribution in [3.8, 4) is 0 Å². The van der Waals surface area contributed by atoms with E-state index in [9.17, 15) is 0 Å². The van der Waals surface area contributed by atoms with Crippen LogP contribution in [0.2, 0.25) is 0 Å². The standard InChI is InChI=1S/C12H15N/c1-2-5-11(6-3-1)13-9-12(10-13)7-4-8-12/h1-3,5-6H,4,7-10H2. The van der Waals surface area contributed by atoms with Crippen LogP contribution in [0.1, 0.15) is 19.3 Å². The van der Waals surface area contributed by atoms with Crippen LogP contribution in [0.5, 0.6) is 0 Å². The lowest BCUT2D eigenvalue weighted by Crippen LogP contribution is -2.59. The van der Waals surface area contributed by atoms with E-state index in [1.807, 2.05) is 0 Å². The summed E-state index contributed by atoms with van der Waals surface area (Å²) in [5.74, 6) is 0. The second-order valence-corrected chi connectivity index (χ2v) is 4.55. The van der Waals surface area contributed by atoms with Crippen LogP contribution in [-0.4, -0.2) is 13.1 Å². The molecule has 1 aliphatic heterocycles. The molecule has 0 bridgehead atoms. The first-order valence-electron chi connectivity index (χ1n) is 5.18. The summed E-state index contributed by atoms with van der Waals surface area (Å²) in [4.78, 5) is 2.50. The fraction of sp³-hybridized carbons (Fsp3) is 0.500. The van der Waals surface area contributed by atoms with Gasteiger partial charge in [-0.3, -0.25) is 0 Å². The van der Waals surface area contributed by atoms with Crippen molar-refractivity contribution in [2.24, 2.45) is 5.41 Å². The number of benzene rings is 1. The van der Waals surface area contributed by atoms with Crippen molar-refractivity contribution in [2.75, 3.05) is 18.0 Å². The molecule has 2 fully saturated rings. The molecule has 0 N–H and O–H groups in total. The summed E-state index contributed by atoms with van der Waals surface area (Å²) >= 11 is 0. The molecule has 1 aromatic carbocycles. The van der Waals surface area contributed by atoms with Gasteiger partial charge in [-0.1, -0.05) is 24.6 Å². The molecule has 0 radical (unpaired) electrons. The summed E-state index contributed by atoms with van der Waals surface area (Å²) in [6.07, 6.45) is 4.40. The summed E-state index contributed by atoms with van der Waals surface area (Å²) in [6, 6.07) is 10.8. The summed E-state index contributed by atoms with van der Waals surface area (Å²) in [7, 11) is 0. The molecular formula is C12H15N. The minimum absolute atomic E-state index is 0.746. The highest BCUT2D eigenvalue weighted by molar-refractivity contribution is 5.49. The number of nitrogens with zero attached hydrogens (tertiary/aromatic N) is 1. The van der Waals surface area contributed by atoms with E-state index in [-0.39, 0.29) is 0 Å². The molecule has 1 spiro atoms. The Kier molecular flexibility index (Phi) is 1.43. The van der Waals surface area contributed by atoms with Gasteiger partial charge in [0.25, 0.3) is 0 Å². The Morgan fingerprint density at radius 3 is 2.23 bits per heavy atom. The molecule has 1 nitrogen and oxygen atoms in total. The van der Waals surface area contributed by atoms with E-state index in [0.717, 1.165) is 5.41 Å². The van der Waals surface area contributed by atoms with E-state index in [1.165, 1.54) is 38.0 Å². The van der Waals surface area contributed by atoms with Crippen molar-refractivity contribution in [3.63, 3.8) is 0 Å². The predicted molar refractivity (Wildman–Crippen MR) is 54.9 cm³/mol. The number of hydrogen-bond acceptors (Lipinski definition) is 1. The Morgan fingerprint density at radius 1 is 1.00 bits per heavy atom. The largest absolute Gasteiger partial charge is 0.370 e. The Labute approximate surface area is 79.4 Å². The molecule has 68 valence electrons. The highest BCUT2D eigenvalue weighted by Crippen LogP contribution is 2.49. The van der Waals surface area contributed by atoms with Gasteiger partial charge in [-0.25, -0.2) is 0 Å². The van der Waals surface area contributed by atoms with Gasteiger partial charge in [-0.2, -0.15) is 0 Å². The molecule has 3 rings (SSSR count). The molecule has 1 saturated heterocycles. The second kappa shape index (κ2) is 2.50. The zero-order chi connectivity index (χ0) is 8.73. The van der Waals surface area contributed by atoms with Gasteiger partial charge >= 0.3 is 0 Å². The average molecular weight is 173 g/mol. The van der Waals surface area contributed by atoms with Crippen molar-refractivity contribution in [3.05, 3.63) is 30.3 Å². The third-order valence-electron chi connectivity index (χ3n) is 3.59. The average Bonchev–Trinajstić information content (AvgIpc) is 2.01. The van der Waals surface area contributed by atoms with E-state index in [4.69, 9.17) is 0 Å². The third kappa shape index (κ3) is 1.06. The molecule has 0 amide bonds. The minimum atomic E-state index is 0.746. The zero-order valence-corrected chi connectivity index (χ0v) is 7.87. The summed E-state index contributed by atoms with van der Waals surface area (Å²) < 4.78 is 0. The van der Waals surface area contributed by atoms with Gasteiger partial charge < -0.3 is 4.90 Å². The van der Waals surface area contributed by atoms with Crippen LogP contribution in [0, 0.1) is 5.41 Å². The lowest BCUT2D eigenvalue weighted by atomic mass is 9.63. The fourth-order valence-electron chi connectivity index (χ4n) is 2.58. The zero-order valence-electron chi connectivity index (χ0n) is 7.87. The van der Waals surface area contributed by atoms with Gasteiger partial charge in [-0.15, -0.1) is 0 Å². The predicted octanol–water partition coefficient (Wildman–Crippen LogP) is 2.68. The fourth-order valence-corrected chi connectivity index (χ4v) is 2.58. The van der Waals surface area contributed by atoms with Crippen LogP contribution in [0.4, 0.5) is 5.69 Å². The van der Waals surface area contributed by atoms with Crippen molar-refractivity contribution in [1.82, 2.24) is 0 Å². The monoisotopic (exact) mass is 173 g/mol. The van der Waals surface area contributed by atoms with Crippen molar-refractivity contribution in [2.45, 2.75) is 19.3 Å². The van der Waals surface area contributed by atoms with Gasteiger partial charge in [0.2, 0.25) is 0 Å². The number of rotatable bonds is 1. The van der Waals surface area contributed by atoms with E-state index >= 15 is 0 Å². The number of anilines is 1. The smallest absolute Gasteiger partial charge is 0.0366 e. The van der Waals surface area contributed by atoms with E-state index in [0.29, 0.717) is 0 Å². The first-order chi connectivity index (χ1) is 6.38. The minimum Gasteiger partial charge on any atom is -0.370 e. The normalized spacial score (nSPS) is 23.8. The van der Waals surface area contributed by atoms with Crippen LogP contribution in [0.3, 0.4) is 0 Å². The third-order valence-corrected chi connectivity index (χ3v) is 3.59. The Morgan fingerprint density at radius 2 is 1.69 bits per heavy atom. The molecular weight excluding hydrogens is 158 g/mol. The van der Waals surface area contributed by atoms with Crippen LogP contribution in [0.15, 0.2) is 30.3 Å². The van der Waals surface area contributed by atoms with Crippen molar-refractivity contribution in [1.29, 1.82) is 0 Å². The van der Waals surface area contributed by atoms with Crippen LogP contribution < -0.4 is 4.90 Å². The topological polar surface area (TPSA) is 3.24 Å². The molecule has 13 heavy (non-hydrogen) atoms. The van der Waals surface area contributed by atoms with E-state index in [2.05, 4.69) is 35.2 Å². The van der Waals surface area contributed by atoms with E-state index < -0.39 is 0 Å². The Hall–Kier alpha value is -0.980. The molecule has 1 saturated carbocycles. The molecule has 1 heterocycles. The van der Waals surface area contributed by atoms with Gasteiger partial charge in [0, 0.05) is 24.2 Å². The molecule has 0 unspecified atom stereocenters. The Bertz CT molecular complexity index is 292. The molecule has 0 atom stereocenters. The summed E-state index contributed by atoms with van der Waals surface area (Å²) in [5.41, 5.74) is 2.15. The van der Waals surface area contributed by atoms with Gasteiger partial charge in [-0.05, 0) is 25.0 Å². The highest BCUT2D eigenvalue weighted by Gasteiger charge is 2.47. The maximum atomic E-state index is 2.50. The van der Waals surface area contributed by atoms with Crippen molar-refractivity contribution < 1.29 is 0 Å². The van der Waals surface area contributed by atoms with Gasteiger partial charge in [0.1, 0.15) is 0 Å². The number of hydrogen-bond donors (Lipinski definition) is 0. The molecule has 2 aliphatic rings. The van der Waals surface area contributed by atoms with E-state index in [1.54, 1.807) is 0 Å². The first kappa shape index (κ1) is 7.43. The Balaban J connectivity index is 1.71. The van der Waals surface area contributed by atoms with Crippen LogP contribution in [0.25, 0.3) is 0 Å². The lowest BCUT2D eigenvalue weighted by molar-refractivity contribution is 0.0904. The highest BCUT2D eigenvalue weighted by atomic mass is 15.2. The quantitative estimate of drug-likeness (QED) is 0.631. The maximum Gasteiger partial charge on any atom is 0.0366 e. The molecule has 0 aromatic heterocycles. The van der Waals surface area contributed by atoms with Gasteiger partial charge in [0.15, 0.2) is 0 Å². The summed E-state index contributed by atoms with van der Waals surface area (Å²) in [5, 5.41) is 0. The summed E-state index contributed by atoms with van der Waals surface area (Å²) in [6.45, 7) is 2.61. The van der Waals surface area contributed by atoms with Crippen LogP contribution >= 0.6 is 0 Å². The first-order valence-corrected chi connectivity index (χ1v) is 5.18. The molecule has 1 heteroatoms. The van der Waals surface area contributed by atoms with Crippen molar-refractivity contribution >= 4 is 5.69 Å². The number of para-hydroxylation sites is 1. The second-order valence-electron chi connectivity index (χ2n) is 4.55.